The number of anilines is 1. The lowest BCUT2D eigenvalue weighted by molar-refractivity contribution is -0.272. The van der Waals surface area contributed by atoms with Crippen LogP contribution >= 0.6 is 0 Å². The number of rotatable bonds is 5. The molecule has 34 heavy (non-hydrogen) atoms. The highest BCUT2D eigenvalue weighted by Gasteiger charge is 2.66. The van der Waals surface area contributed by atoms with E-state index in [1.807, 2.05) is 0 Å². The summed E-state index contributed by atoms with van der Waals surface area (Å²) in [5.74, 6) is -9.22. The van der Waals surface area contributed by atoms with Gasteiger partial charge in [-0.15, -0.1) is 0 Å². The minimum Gasteiger partial charge on any atom is -0.431 e. The van der Waals surface area contributed by atoms with E-state index in [1.54, 1.807) is 6.07 Å². The van der Waals surface area contributed by atoms with E-state index in [1.165, 1.54) is 12.3 Å². The van der Waals surface area contributed by atoms with Crippen molar-refractivity contribution in [3.63, 3.8) is 0 Å². The van der Waals surface area contributed by atoms with Gasteiger partial charge in [0, 0.05) is 23.6 Å². The Kier molecular flexibility index (Phi) is 6.75. The molecule has 0 radical (unpaired) electrons. The second-order valence-corrected chi connectivity index (χ2v) is 7.68. The first-order valence-corrected chi connectivity index (χ1v) is 9.63. The molecular weight excluding hydrogens is 475 g/mol. The number of nitrogens with one attached hydrogen (secondary N) is 1. The lowest BCUT2D eigenvalue weighted by Crippen LogP contribution is -2.47. The standard InChI is InChI=1S/C21H16F7N3O3/c1-9-14(12-3-4-13(22)15(23)16(12)33-19(24)25)17(34-20(9,2)21(26,27)28)18(32)31-11-5-10(6-29)7-30-8-11/h3-5,7-9,14,17,19H,1-2H3,(H,31,32)/t9-,14-,17+,20+/m1/s1. The molecule has 0 bridgehead atoms. The van der Waals surface area contributed by atoms with Gasteiger partial charge in [-0.1, -0.05) is 13.0 Å². The third kappa shape index (κ3) is 4.50. The summed E-state index contributed by atoms with van der Waals surface area (Å²) < 4.78 is 105. The van der Waals surface area contributed by atoms with Gasteiger partial charge in [0.15, 0.2) is 17.2 Å². The average molecular weight is 491 g/mol. The van der Waals surface area contributed by atoms with Crippen molar-refractivity contribution in [3.05, 3.63) is 53.4 Å². The average Bonchev–Trinajstić information content (AvgIpc) is 3.04. The van der Waals surface area contributed by atoms with Crippen LogP contribution in [0.3, 0.4) is 0 Å². The van der Waals surface area contributed by atoms with E-state index in [0.29, 0.717) is 13.0 Å². The maximum atomic E-state index is 14.4. The van der Waals surface area contributed by atoms with Gasteiger partial charge in [-0.2, -0.15) is 31.6 Å². The summed E-state index contributed by atoms with van der Waals surface area (Å²) in [4.78, 5) is 16.7. The SMILES string of the molecule is C[C@@H]1[C@H](c2ccc(F)c(F)c2OC(F)F)[C@@H](C(=O)Nc2cncc(C#N)c2)O[C@]1(C)C(F)(F)F. The summed E-state index contributed by atoms with van der Waals surface area (Å²) >= 11 is 0. The molecule has 1 aromatic heterocycles. The number of carbonyl (C=O) groups is 1. The molecule has 0 spiro atoms. The van der Waals surface area contributed by atoms with Crippen LogP contribution in [0.15, 0.2) is 30.6 Å². The van der Waals surface area contributed by atoms with Gasteiger partial charge >= 0.3 is 12.8 Å². The van der Waals surface area contributed by atoms with Crippen molar-refractivity contribution < 1.29 is 45.0 Å². The van der Waals surface area contributed by atoms with Crippen LogP contribution in [0.2, 0.25) is 0 Å². The quantitative estimate of drug-likeness (QED) is 0.601. The van der Waals surface area contributed by atoms with Crippen molar-refractivity contribution in [1.29, 1.82) is 5.26 Å². The molecule has 0 unspecified atom stereocenters. The minimum absolute atomic E-state index is 0.0309. The van der Waals surface area contributed by atoms with Gasteiger partial charge in [0.1, 0.15) is 12.2 Å². The molecule has 4 atom stereocenters. The summed E-state index contributed by atoms with van der Waals surface area (Å²) in [5.41, 5.74) is -3.60. The van der Waals surface area contributed by atoms with Crippen molar-refractivity contribution in [2.24, 2.45) is 5.92 Å². The molecule has 1 aliphatic rings. The molecular formula is C21H16F7N3O3. The Balaban J connectivity index is 2.11. The summed E-state index contributed by atoms with van der Waals surface area (Å²) in [5, 5.41) is 11.2. The fraction of sp³-hybridized carbons (Fsp3) is 0.381. The number of amides is 1. The molecule has 1 N–H and O–H groups in total. The summed E-state index contributed by atoms with van der Waals surface area (Å²) in [6.07, 6.45) is -4.73. The number of nitriles is 1. The first-order chi connectivity index (χ1) is 15.8. The van der Waals surface area contributed by atoms with E-state index < -0.39 is 65.2 Å². The zero-order valence-electron chi connectivity index (χ0n) is 17.5. The highest BCUT2D eigenvalue weighted by Crippen LogP contribution is 2.55. The van der Waals surface area contributed by atoms with Gasteiger partial charge in [0.25, 0.3) is 5.91 Å². The van der Waals surface area contributed by atoms with Gasteiger partial charge in [-0.25, -0.2) is 4.39 Å². The Hall–Kier alpha value is -3.40. The van der Waals surface area contributed by atoms with Gasteiger partial charge < -0.3 is 14.8 Å². The monoisotopic (exact) mass is 491 g/mol. The molecule has 1 fully saturated rings. The van der Waals surface area contributed by atoms with E-state index in [4.69, 9.17) is 10.00 Å². The van der Waals surface area contributed by atoms with Crippen molar-refractivity contribution in [2.75, 3.05) is 5.32 Å². The number of hydrogen-bond acceptors (Lipinski definition) is 5. The molecule has 1 aliphatic heterocycles. The van der Waals surface area contributed by atoms with Crippen LogP contribution in [0.5, 0.6) is 5.75 Å². The van der Waals surface area contributed by atoms with Crippen LogP contribution in [0.25, 0.3) is 0 Å². The van der Waals surface area contributed by atoms with Crippen molar-refractivity contribution in [3.8, 4) is 11.8 Å². The molecule has 1 saturated heterocycles. The smallest absolute Gasteiger partial charge is 0.417 e. The predicted octanol–water partition coefficient (Wildman–Crippen LogP) is 4.91. The minimum atomic E-state index is -5.02. The summed E-state index contributed by atoms with van der Waals surface area (Å²) in [7, 11) is 0. The number of pyridine rings is 1. The van der Waals surface area contributed by atoms with Gasteiger partial charge in [-0.05, 0) is 19.1 Å². The van der Waals surface area contributed by atoms with Crippen LogP contribution in [0.4, 0.5) is 36.4 Å². The summed E-state index contributed by atoms with van der Waals surface area (Å²) in [6.45, 7) is -1.94. The molecule has 0 aliphatic carbocycles. The van der Waals surface area contributed by atoms with Gasteiger partial charge in [0.2, 0.25) is 5.82 Å². The van der Waals surface area contributed by atoms with Gasteiger partial charge in [0.05, 0.1) is 17.4 Å². The number of aromatic nitrogens is 1. The van der Waals surface area contributed by atoms with Crippen molar-refractivity contribution in [1.82, 2.24) is 4.98 Å². The third-order valence-electron chi connectivity index (χ3n) is 5.71. The van der Waals surface area contributed by atoms with Crippen molar-refractivity contribution >= 4 is 11.6 Å². The van der Waals surface area contributed by atoms with Crippen molar-refractivity contribution in [2.45, 2.75) is 44.3 Å². The summed E-state index contributed by atoms with van der Waals surface area (Å²) in [6, 6.07) is 4.23. The van der Waals surface area contributed by atoms with Gasteiger partial charge in [-0.3, -0.25) is 9.78 Å². The predicted molar refractivity (Wildman–Crippen MR) is 102 cm³/mol. The number of alkyl halides is 5. The fourth-order valence-electron chi connectivity index (χ4n) is 3.82. The Bertz CT molecular complexity index is 1140. The maximum Gasteiger partial charge on any atom is 0.417 e. The van der Waals surface area contributed by atoms with E-state index >= 15 is 0 Å². The molecule has 1 aromatic carbocycles. The lowest BCUT2D eigenvalue weighted by atomic mass is 9.77. The highest BCUT2D eigenvalue weighted by molar-refractivity contribution is 5.95. The third-order valence-corrected chi connectivity index (χ3v) is 5.71. The molecule has 3 rings (SSSR count). The van der Waals surface area contributed by atoms with Crippen LogP contribution in [-0.2, 0) is 9.53 Å². The molecule has 6 nitrogen and oxygen atoms in total. The van der Waals surface area contributed by atoms with E-state index in [9.17, 15) is 35.5 Å². The van der Waals surface area contributed by atoms with Crippen LogP contribution in [0, 0.1) is 28.9 Å². The zero-order valence-corrected chi connectivity index (χ0v) is 17.5. The number of carbonyl (C=O) groups excluding carboxylic acids is 1. The highest BCUT2D eigenvalue weighted by atomic mass is 19.4. The molecule has 0 saturated carbocycles. The Morgan fingerprint density at radius 2 is 1.97 bits per heavy atom. The number of ether oxygens (including phenoxy) is 2. The Labute approximate surface area is 188 Å². The van der Waals surface area contributed by atoms with Crippen LogP contribution in [-0.4, -0.2) is 35.4 Å². The van der Waals surface area contributed by atoms with E-state index in [0.717, 1.165) is 19.2 Å². The fourth-order valence-corrected chi connectivity index (χ4v) is 3.82. The molecule has 13 heteroatoms. The van der Waals surface area contributed by atoms with E-state index in [-0.39, 0.29) is 11.3 Å². The maximum absolute atomic E-state index is 14.4. The first-order valence-electron chi connectivity index (χ1n) is 9.63. The van der Waals surface area contributed by atoms with E-state index in [2.05, 4.69) is 15.0 Å². The Morgan fingerprint density at radius 1 is 1.29 bits per heavy atom. The largest absolute Gasteiger partial charge is 0.431 e. The van der Waals surface area contributed by atoms with Crippen LogP contribution in [0.1, 0.15) is 30.9 Å². The number of halogens is 7. The van der Waals surface area contributed by atoms with Crippen LogP contribution < -0.4 is 10.1 Å². The number of benzene rings is 1. The number of nitrogens with zero attached hydrogens (tertiary/aromatic N) is 2. The molecule has 2 heterocycles. The first kappa shape index (κ1) is 25.2. The molecule has 182 valence electrons. The second-order valence-electron chi connectivity index (χ2n) is 7.68. The Morgan fingerprint density at radius 3 is 2.56 bits per heavy atom. The lowest BCUT2D eigenvalue weighted by Gasteiger charge is -2.32. The topological polar surface area (TPSA) is 84.2 Å². The second kappa shape index (κ2) is 9.09. The number of hydrogen-bond donors (Lipinski definition) is 1. The zero-order chi connectivity index (χ0) is 25.4. The molecule has 2 aromatic rings. The normalized spacial score (nSPS) is 24.7. The molecule has 1 amide bonds.